The summed E-state index contributed by atoms with van der Waals surface area (Å²) in [6.07, 6.45) is -0.934. The molecule has 1 N–H and O–H groups in total. The van der Waals surface area contributed by atoms with Crippen molar-refractivity contribution in [2.24, 2.45) is 0 Å². The number of rotatable bonds is 2. The van der Waals surface area contributed by atoms with Crippen LogP contribution in [0.2, 0.25) is 0 Å². The highest BCUT2D eigenvalue weighted by Gasteiger charge is 2.40. The second kappa shape index (κ2) is 8.06. The molecule has 0 spiro atoms. The first-order chi connectivity index (χ1) is 11.9. The summed E-state index contributed by atoms with van der Waals surface area (Å²) in [5.41, 5.74) is 1.72. The average molecular weight is 412 g/mol. The van der Waals surface area contributed by atoms with E-state index in [0.29, 0.717) is 5.69 Å². The van der Waals surface area contributed by atoms with Crippen molar-refractivity contribution in [2.75, 3.05) is 4.90 Å². The van der Waals surface area contributed by atoms with E-state index in [-0.39, 0.29) is 17.9 Å². The number of aliphatic hydroxyl groups excluding tert-OH is 1. The van der Waals surface area contributed by atoms with Crippen LogP contribution in [0.3, 0.4) is 0 Å². The van der Waals surface area contributed by atoms with E-state index in [9.17, 15) is 18.7 Å². The van der Waals surface area contributed by atoms with Crippen molar-refractivity contribution >= 4 is 27.5 Å². The van der Waals surface area contributed by atoms with Gasteiger partial charge in [-0.05, 0) is 48.4 Å². The lowest BCUT2D eigenvalue weighted by Crippen LogP contribution is -2.33. The minimum Gasteiger partial charge on any atom is -0.373 e. The van der Waals surface area contributed by atoms with Crippen molar-refractivity contribution in [3.63, 3.8) is 0 Å². The zero-order chi connectivity index (χ0) is 18.7. The molecule has 2 unspecified atom stereocenters. The molecule has 0 saturated carbocycles. The van der Waals surface area contributed by atoms with Gasteiger partial charge in [-0.3, -0.25) is 9.69 Å². The normalized spacial score (nSPS) is 19.6. The maximum Gasteiger partial charge on any atom is 0.236 e. The van der Waals surface area contributed by atoms with Gasteiger partial charge in [0.1, 0.15) is 17.9 Å². The van der Waals surface area contributed by atoms with Crippen LogP contribution in [-0.4, -0.2) is 17.2 Å². The Hall–Kier alpha value is -1.79. The molecule has 2 aromatic carbocycles. The van der Waals surface area contributed by atoms with E-state index in [1.807, 2.05) is 20.8 Å². The van der Waals surface area contributed by atoms with Crippen LogP contribution in [0, 0.1) is 18.6 Å². The lowest BCUT2D eigenvalue weighted by atomic mass is 9.97. The molecule has 1 saturated heterocycles. The summed E-state index contributed by atoms with van der Waals surface area (Å²) in [5, 5.41) is 10.2. The average Bonchev–Trinajstić information content (AvgIpc) is 2.86. The fourth-order valence-electron chi connectivity index (χ4n) is 2.86. The highest BCUT2D eigenvalue weighted by Crippen LogP contribution is 2.37. The molecule has 2 aromatic rings. The van der Waals surface area contributed by atoms with E-state index in [0.717, 1.165) is 28.2 Å². The molecule has 1 aliphatic rings. The van der Waals surface area contributed by atoms with Gasteiger partial charge < -0.3 is 5.11 Å². The second-order valence-electron chi connectivity index (χ2n) is 5.61. The molecule has 0 aliphatic carbocycles. The summed E-state index contributed by atoms with van der Waals surface area (Å²) in [6.45, 7) is 5.87. The third-order valence-corrected chi connectivity index (χ3v) is 4.88. The van der Waals surface area contributed by atoms with E-state index in [4.69, 9.17) is 0 Å². The van der Waals surface area contributed by atoms with Gasteiger partial charge in [-0.1, -0.05) is 29.8 Å². The van der Waals surface area contributed by atoms with Crippen molar-refractivity contribution in [3.05, 3.63) is 63.6 Å². The zero-order valence-electron chi connectivity index (χ0n) is 14.3. The van der Waals surface area contributed by atoms with E-state index < -0.39 is 23.8 Å². The Labute approximate surface area is 154 Å². The summed E-state index contributed by atoms with van der Waals surface area (Å²) in [5.74, 6) is -2.61. The van der Waals surface area contributed by atoms with Crippen molar-refractivity contribution in [1.82, 2.24) is 0 Å². The third-order valence-electron chi connectivity index (χ3n) is 3.99. The summed E-state index contributed by atoms with van der Waals surface area (Å²) < 4.78 is 27.7. The molecular formula is C19H20BrF2NO2. The number of hydrogen-bond donors (Lipinski definition) is 1. The first-order valence-electron chi connectivity index (χ1n) is 8.10. The van der Waals surface area contributed by atoms with Crippen molar-refractivity contribution < 1.29 is 18.7 Å². The number of benzene rings is 2. The Morgan fingerprint density at radius 1 is 1.12 bits per heavy atom. The molecule has 1 aliphatic heterocycles. The topological polar surface area (TPSA) is 40.5 Å². The number of anilines is 1. The highest BCUT2D eigenvalue weighted by molar-refractivity contribution is 9.10. The predicted molar refractivity (Wildman–Crippen MR) is 97.4 cm³/mol. The molecule has 134 valence electrons. The number of carbonyl (C=O) groups excluding carboxylic acids is 1. The predicted octanol–water partition coefficient (Wildman–Crippen LogP) is 4.90. The monoisotopic (exact) mass is 411 g/mol. The molecular weight excluding hydrogens is 392 g/mol. The van der Waals surface area contributed by atoms with Crippen LogP contribution < -0.4 is 4.90 Å². The number of carbonyl (C=O) groups is 1. The van der Waals surface area contributed by atoms with E-state index in [2.05, 4.69) is 15.9 Å². The van der Waals surface area contributed by atoms with Gasteiger partial charge in [0.05, 0.1) is 5.92 Å². The Kier molecular flexibility index (Phi) is 6.30. The number of halogens is 3. The van der Waals surface area contributed by atoms with Crippen LogP contribution >= 0.6 is 15.9 Å². The summed E-state index contributed by atoms with van der Waals surface area (Å²) in [7, 11) is 0. The van der Waals surface area contributed by atoms with Gasteiger partial charge in [-0.25, -0.2) is 8.78 Å². The Morgan fingerprint density at radius 3 is 2.28 bits per heavy atom. The van der Waals surface area contributed by atoms with E-state index in [1.165, 1.54) is 4.90 Å². The van der Waals surface area contributed by atoms with Gasteiger partial charge in [-0.2, -0.15) is 0 Å². The fraction of sp³-hybridized carbons (Fsp3) is 0.316. The number of hydrogen-bond acceptors (Lipinski definition) is 2. The number of nitrogens with zero attached hydrogens (tertiary/aromatic N) is 1. The fourth-order valence-corrected chi connectivity index (χ4v) is 3.11. The first-order valence-corrected chi connectivity index (χ1v) is 8.89. The van der Waals surface area contributed by atoms with E-state index in [1.54, 1.807) is 18.2 Å². The first kappa shape index (κ1) is 19.5. The van der Waals surface area contributed by atoms with Gasteiger partial charge in [0, 0.05) is 22.6 Å². The molecule has 0 radical (unpaired) electrons. The van der Waals surface area contributed by atoms with Gasteiger partial charge >= 0.3 is 0 Å². The van der Waals surface area contributed by atoms with Crippen LogP contribution in [0.15, 0.2) is 40.9 Å². The smallest absolute Gasteiger partial charge is 0.236 e. The molecule has 3 rings (SSSR count). The largest absolute Gasteiger partial charge is 0.373 e. The summed E-state index contributed by atoms with van der Waals surface area (Å²) in [6, 6.07) is 8.31. The lowest BCUT2D eigenvalue weighted by molar-refractivity contribution is -0.118. The molecule has 3 nitrogen and oxygen atoms in total. The summed E-state index contributed by atoms with van der Waals surface area (Å²) in [4.78, 5) is 13.9. The van der Waals surface area contributed by atoms with Crippen molar-refractivity contribution in [1.29, 1.82) is 0 Å². The van der Waals surface area contributed by atoms with E-state index >= 15 is 0 Å². The summed E-state index contributed by atoms with van der Waals surface area (Å²) >= 11 is 3.38. The molecule has 1 heterocycles. The van der Waals surface area contributed by atoms with Crippen molar-refractivity contribution in [2.45, 2.75) is 39.3 Å². The number of aliphatic hydroxyl groups is 1. The number of aryl methyl sites for hydroxylation is 1. The lowest BCUT2D eigenvalue weighted by Gasteiger charge is -2.21. The molecule has 25 heavy (non-hydrogen) atoms. The maximum atomic E-state index is 13.4. The second-order valence-corrected chi connectivity index (χ2v) is 6.47. The Bertz CT molecular complexity index is 762. The zero-order valence-corrected chi connectivity index (χ0v) is 15.8. The van der Waals surface area contributed by atoms with Crippen LogP contribution in [0.5, 0.6) is 0 Å². The standard InChI is InChI=1S/C17H14BrF2NO2.C2H6/c1-9-4-13(2-3-15(9)18)21-16(22)8-14(17(21)23)10-5-11(19)7-12(20)6-10;1-2/h2-7,14,16,22H,8H2,1H3;1-2H3. The van der Waals surface area contributed by atoms with Crippen LogP contribution in [0.4, 0.5) is 14.5 Å². The number of amides is 1. The minimum atomic E-state index is -1.03. The molecule has 2 atom stereocenters. The molecule has 1 amide bonds. The third kappa shape index (κ3) is 4.07. The van der Waals surface area contributed by atoms with Crippen LogP contribution in [0.1, 0.15) is 37.3 Å². The molecule has 0 aromatic heterocycles. The van der Waals surface area contributed by atoms with Gasteiger partial charge in [0.25, 0.3) is 0 Å². The molecule has 6 heteroatoms. The van der Waals surface area contributed by atoms with Gasteiger partial charge in [0.2, 0.25) is 5.91 Å². The Balaban J connectivity index is 0.00000109. The van der Waals surface area contributed by atoms with Gasteiger partial charge in [0.15, 0.2) is 0 Å². The van der Waals surface area contributed by atoms with Gasteiger partial charge in [-0.15, -0.1) is 0 Å². The van der Waals surface area contributed by atoms with Crippen molar-refractivity contribution in [3.8, 4) is 0 Å². The SMILES string of the molecule is CC.Cc1cc(N2C(=O)C(c3cc(F)cc(F)c3)CC2O)ccc1Br. The quantitative estimate of drug-likeness (QED) is 0.762. The van der Waals surface area contributed by atoms with Crippen LogP contribution in [0.25, 0.3) is 0 Å². The minimum absolute atomic E-state index is 0.0941. The maximum absolute atomic E-state index is 13.4. The van der Waals surface area contributed by atoms with Crippen LogP contribution in [-0.2, 0) is 4.79 Å². The molecule has 1 fully saturated rings. The molecule has 0 bridgehead atoms. The Morgan fingerprint density at radius 2 is 1.72 bits per heavy atom. The highest BCUT2D eigenvalue weighted by atomic mass is 79.9.